The van der Waals surface area contributed by atoms with Gasteiger partial charge < -0.3 is 23.8 Å². The molecule has 1 aliphatic heterocycles. The molecule has 190 valence electrons. The molecular weight excluding hydrogens is 484 g/mol. The fourth-order valence-corrected chi connectivity index (χ4v) is 4.20. The zero-order valence-corrected chi connectivity index (χ0v) is 21.0. The van der Waals surface area contributed by atoms with Gasteiger partial charge in [0.2, 0.25) is 0 Å². The predicted molar refractivity (Wildman–Crippen MR) is 136 cm³/mol. The molecule has 0 bridgehead atoms. The first-order valence-electron chi connectivity index (χ1n) is 11.5. The summed E-state index contributed by atoms with van der Waals surface area (Å²) in [6.45, 7) is 1.46. The molecule has 0 aliphatic carbocycles. The second kappa shape index (κ2) is 12.0. The van der Waals surface area contributed by atoms with E-state index in [1.807, 2.05) is 48.5 Å². The molecule has 1 aliphatic rings. The second-order valence-corrected chi connectivity index (χ2v) is 8.70. The van der Waals surface area contributed by atoms with E-state index in [0.29, 0.717) is 36.6 Å². The minimum Gasteiger partial charge on any atom is -0.497 e. The predicted octanol–water partition coefficient (Wildman–Crippen LogP) is 4.62. The SMILES string of the molecule is COc1ccc(COc2ccc(C(=O)N3CC[C@H](ON)C3)c(Cl)c2OCc2ccc(OC)cc2)cc1. The van der Waals surface area contributed by atoms with Crippen LogP contribution in [0.25, 0.3) is 0 Å². The summed E-state index contributed by atoms with van der Waals surface area (Å²) in [4.78, 5) is 19.8. The zero-order chi connectivity index (χ0) is 25.5. The Labute approximate surface area is 215 Å². The van der Waals surface area contributed by atoms with Gasteiger partial charge in [0.1, 0.15) is 24.7 Å². The Bertz CT molecular complexity index is 1170. The van der Waals surface area contributed by atoms with Crippen LogP contribution in [-0.2, 0) is 18.1 Å². The number of carbonyl (C=O) groups excluding carboxylic acids is 1. The third-order valence-corrected chi connectivity index (χ3v) is 6.39. The van der Waals surface area contributed by atoms with Crippen molar-refractivity contribution in [1.29, 1.82) is 0 Å². The zero-order valence-electron chi connectivity index (χ0n) is 20.2. The van der Waals surface area contributed by atoms with Crippen molar-refractivity contribution in [3.05, 3.63) is 82.4 Å². The molecule has 0 saturated carbocycles. The molecule has 1 fully saturated rings. The van der Waals surface area contributed by atoms with Crippen molar-refractivity contribution in [3.8, 4) is 23.0 Å². The van der Waals surface area contributed by atoms with E-state index < -0.39 is 0 Å². The highest BCUT2D eigenvalue weighted by Crippen LogP contribution is 2.39. The van der Waals surface area contributed by atoms with E-state index in [1.165, 1.54) is 0 Å². The van der Waals surface area contributed by atoms with Crippen molar-refractivity contribution in [2.45, 2.75) is 25.7 Å². The molecule has 9 heteroatoms. The molecule has 0 radical (unpaired) electrons. The Balaban J connectivity index is 1.57. The lowest BCUT2D eigenvalue weighted by molar-refractivity contribution is 0.0537. The van der Waals surface area contributed by atoms with E-state index in [1.54, 1.807) is 31.3 Å². The number of rotatable bonds is 10. The first-order chi connectivity index (χ1) is 17.5. The topological polar surface area (TPSA) is 92.5 Å². The van der Waals surface area contributed by atoms with Gasteiger partial charge in [0.05, 0.1) is 30.9 Å². The van der Waals surface area contributed by atoms with Crippen molar-refractivity contribution < 1.29 is 28.6 Å². The lowest BCUT2D eigenvalue weighted by Crippen LogP contribution is -2.31. The summed E-state index contributed by atoms with van der Waals surface area (Å²) in [7, 11) is 3.23. The summed E-state index contributed by atoms with van der Waals surface area (Å²) in [5, 5.41) is 0.192. The highest BCUT2D eigenvalue weighted by atomic mass is 35.5. The third-order valence-electron chi connectivity index (χ3n) is 6.01. The van der Waals surface area contributed by atoms with Gasteiger partial charge in [-0.3, -0.25) is 9.63 Å². The van der Waals surface area contributed by atoms with Gasteiger partial charge in [0, 0.05) is 13.1 Å². The standard InChI is InChI=1S/C27H29ClN2O6/c1-32-20-7-3-18(4-8-20)16-34-24-12-11-23(27(31)30-14-13-22(15-30)36-29)25(28)26(24)35-17-19-5-9-21(33-2)10-6-19/h3-12,22H,13-17,29H2,1-2H3/t22-/m0/s1. The number of methoxy groups -OCH3 is 2. The molecule has 1 amide bonds. The van der Waals surface area contributed by atoms with Crippen LogP contribution >= 0.6 is 11.6 Å². The molecule has 4 rings (SSSR count). The van der Waals surface area contributed by atoms with Gasteiger partial charge in [-0.25, -0.2) is 5.90 Å². The molecule has 3 aromatic carbocycles. The van der Waals surface area contributed by atoms with Gasteiger partial charge in [-0.1, -0.05) is 35.9 Å². The van der Waals surface area contributed by atoms with Gasteiger partial charge in [0.25, 0.3) is 5.91 Å². The van der Waals surface area contributed by atoms with E-state index in [-0.39, 0.29) is 30.2 Å². The largest absolute Gasteiger partial charge is 0.497 e. The monoisotopic (exact) mass is 512 g/mol. The number of ether oxygens (including phenoxy) is 4. The van der Waals surface area contributed by atoms with Crippen LogP contribution in [0, 0.1) is 0 Å². The number of likely N-dealkylation sites (tertiary alicyclic amines) is 1. The van der Waals surface area contributed by atoms with E-state index in [4.69, 9.17) is 41.3 Å². The lowest BCUT2D eigenvalue weighted by atomic mass is 10.1. The summed E-state index contributed by atoms with van der Waals surface area (Å²) < 4.78 is 22.6. The van der Waals surface area contributed by atoms with Gasteiger partial charge in [-0.15, -0.1) is 0 Å². The normalized spacial score (nSPS) is 15.0. The maximum Gasteiger partial charge on any atom is 0.255 e. The minimum atomic E-state index is -0.212. The Morgan fingerprint density at radius 1 is 0.917 bits per heavy atom. The molecule has 2 N–H and O–H groups in total. The number of hydrogen-bond donors (Lipinski definition) is 1. The van der Waals surface area contributed by atoms with Crippen LogP contribution < -0.4 is 24.8 Å². The number of halogens is 1. The van der Waals surface area contributed by atoms with E-state index in [2.05, 4.69) is 0 Å². The molecule has 8 nitrogen and oxygen atoms in total. The lowest BCUT2D eigenvalue weighted by Gasteiger charge is -2.20. The summed E-state index contributed by atoms with van der Waals surface area (Å²) in [6, 6.07) is 18.4. The molecule has 1 saturated heterocycles. The fraction of sp³-hybridized carbons (Fsp3) is 0.296. The quantitative estimate of drug-likeness (QED) is 0.396. The Hall–Kier alpha value is -3.46. The average molecular weight is 513 g/mol. The van der Waals surface area contributed by atoms with E-state index in [9.17, 15) is 4.79 Å². The molecule has 3 aromatic rings. The van der Waals surface area contributed by atoms with Crippen LogP contribution in [0.2, 0.25) is 5.02 Å². The number of nitrogens with zero attached hydrogens (tertiary/aromatic N) is 1. The van der Waals surface area contributed by atoms with E-state index in [0.717, 1.165) is 22.6 Å². The van der Waals surface area contributed by atoms with Crippen molar-refractivity contribution >= 4 is 17.5 Å². The summed E-state index contributed by atoms with van der Waals surface area (Å²) in [5.41, 5.74) is 2.18. The van der Waals surface area contributed by atoms with Gasteiger partial charge >= 0.3 is 0 Å². The number of benzene rings is 3. The molecule has 0 spiro atoms. The van der Waals surface area contributed by atoms with Crippen molar-refractivity contribution in [2.75, 3.05) is 27.3 Å². The van der Waals surface area contributed by atoms with Crippen molar-refractivity contribution in [1.82, 2.24) is 4.90 Å². The number of carbonyl (C=O) groups is 1. The Morgan fingerprint density at radius 2 is 1.50 bits per heavy atom. The summed E-state index contributed by atoms with van der Waals surface area (Å²) in [5.74, 6) is 7.34. The average Bonchev–Trinajstić information content (AvgIpc) is 3.41. The summed E-state index contributed by atoms with van der Waals surface area (Å²) >= 11 is 6.75. The Morgan fingerprint density at radius 3 is 2.03 bits per heavy atom. The molecule has 36 heavy (non-hydrogen) atoms. The smallest absolute Gasteiger partial charge is 0.255 e. The van der Waals surface area contributed by atoms with Crippen LogP contribution in [0.1, 0.15) is 27.9 Å². The van der Waals surface area contributed by atoms with Gasteiger partial charge in [0.15, 0.2) is 11.5 Å². The van der Waals surface area contributed by atoms with Crippen LogP contribution in [0.3, 0.4) is 0 Å². The first-order valence-corrected chi connectivity index (χ1v) is 11.9. The van der Waals surface area contributed by atoms with E-state index >= 15 is 0 Å². The molecule has 0 unspecified atom stereocenters. The molecule has 1 heterocycles. The van der Waals surface area contributed by atoms with Crippen molar-refractivity contribution in [3.63, 3.8) is 0 Å². The number of amides is 1. The first kappa shape index (κ1) is 25.6. The minimum absolute atomic E-state index is 0.189. The van der Waals surface area contributed by atoms with Crippen LogP contribution in [0.15, 0.2) is 60.7 Å². The van der Waals surface area contributed by atoms with Crippen LogP contribution in [0.5, 0.6) is 23.0 Å². The maximum atomic E-state index is 13.2. The second-order valence-electron chi connectivity index (χ2n) is 8.33. The van der Waals surface area contributed by atoms with Gasteiger partial charge in [-0.2, -0.15) is 0 Å². The van der Waals surface area contributed by atoms with Crippen molar-refractivity contribution in [2.24, 2.45) is 5.90 Å². The highest BCUT2D eigenvalue weighted by molar-refractivity contribution is 6.35. The molecular formula is C27H29ClN2O6. The molecule has 1 atom stereocenters. The fourth-order valence-electron chi connectivity index (χ4n) is 3.91. The number of nitrogens with two attached hydrogens (primary N) is 1. The Kier molecular flexibility index (Phi) is 8.53. The van der Waals surface area contributed by atoms with Crippen LogP contribution in [0.4, 0.5) is 0 Å². The maximum absolute atomic E-state index is 13.2. The molecule has 0 aromatic heterocycles. The number of hydrogen-bond acceptors (Lipinski definition) is 7. The van der Waals surface area contributed by atoms with Crippen LogP contribution in [-0.4, -0.2) is 44.2 Å². The highest BCUT2D eigenvalue weighted by Gasteiger charge is 2.30. The summed E-state index contributed by atoms with van der Waals surface area (Å²) in [6.07, 6.45) is 0.481. The third kappa shape index (κ3) is 6.02. The van der Waals surface area contributed by atoms with Gasteiger partial charge in [-0.05, 0) is 53.9 Å².